The minimum absolute atomic E-state index is 0.130. The molecule has 0 radical (unpaired) electrons. The molecule has 28 heavy (non-hydrogen) atoms. The summed E-state index contributed by atoms with van der Waals surface area (Å²) in [6, 6.07) is 6.86. The van der Waals surface area contributed by atoms with E-state index >= 15 is 0 Å². The number of ether oxygens (including phenoxy) is 1. The summed E-state index contributed by atoms with van der Waals surface area (Å²) < 4.78 is 5.03. The van der Waals surface area contributed by atoms with Gasteiger partial charge in [-0.3, -0.25) is 19.8 Å². The Kier molecular flexibility index (Phi) is 7.22. The van der Waals surface area contributed by atoms with Crippen molar-refractivity contribution in [3.8, 4) is 0 Å². The Labute approximate surface area is 166 Å². The molecule has 8 heteroatoms. The fraction of sp³-hybridized carbons (Fsp3) is 0.650. The Morgan fingerprint density at radius 3 is 2.25 bits per heavy atom. The molecule has 0 aromatic heterocycles. The number of carbonyl (C=O) groups is 1. The van der Waals surface area contributed by atoms with E-state index in [0.717, 1.165) is 64.3 Å². The molecule has 0 unspecified atom stereocenters. The maximum atomic E-state index is 11.6. The third kappa shape index (κ3) is 5.65. The van der Waals surface area contributed by atoms with Crippen molar-refractivity contribution in [3.63, 3.8) is 0 Å². The molecule has 8 nitrogen and oxygen atoms in total. The summed E-state index contributed by atoms with van der Waals surface area (Å²) in [5.74, 6) is 0.556. The number of nitro benzene ring substituents is 1. The average Bonchev–Trinajstić information content (AvgIpc) is 2.70. The van der Waals surface area contributed by atoms with Gasteiger partial charge in [0.25, 0.3) is 5.69 Å². The van der Waals surface area contributed by atoms with Gasteiger partial charge in [0, 0.05) is 63.6 Å². The molecule has 1 aromatic carbocycles. The highest BCUT2D eigenvalue weighted by molar-refractivity contribution is 5.71. The Balaban J connectivity index is 1.38. The molecular formula is C20H30N4O4. The van der Waals surface area contributed by atoms with Crippen LogP contribution in [0.4, 0.5) is 11.4 Å². The van der Waals surface area contributed by atoms with E-state index in [0.29, 0.717) is 19.1 Å². The SMILES string of the molecule is CCOC(=O)CN1CCN(CC2CCN(c3ccc([N+](=O)[O-])cc3)CC2)CC1. The van der Waals surface area contributed by atoms with Crippen LogP contribution >= 0.6 is 0 Å². The van der Waals surface area contributed by atoms with Gasteiger partial charge in [0.05, 0.1) is 18.1 Å². The first-order valence-corrected chi connectivity index (χ1v) is 10.1. The van der Waals surface area contributed by atoms with Crippen LogP contribution in [0.15, 0.2) is 24.3 Å². The molecule has 0 bridgehead atoms. The second-order valence-corrected chi connectivity index (χ2v) is 7.59. The number of hydrogen-bond acceptors (Lipinski definition) is 7. The fourth-order valence-electron chi connectivity index (χ4n) is 4.04. The molecule has 2 fully saturated rings. The van der Waals surface area contributed by atoms with Gasteiger partial charge in [-0.1, -0.05) is 0 Å². The first kappa shape index (κ1) is 20.5. The number of nitrogens with zero attached hydrogens (tertiary/aromatic N) is 4. The molecule has 2 saturated heterocycles. The summed E-state index contributed by atoms with van der Waals surface area (Å²) >= 11 is 0. The van der Waals surface area contributed by atoms with Crippen LogP contribution in [0.2, 0.25) is 0 Å². The normalized spacial score (nSPS) is 19.5. The van der Waals surface area contributed by atoms with Crippen LogP contribution in [-0.4, -0.2) is 79.7 Å². The Bertz CT molecular complexity index is 651. The zero-order valence-electron chi connectivity index (χ0n) is 16.6. The van der Waals surface area contributed by atoms with Gasteiger partial charge in [0.1, 0.15) is 0 Å². The Morgan fingerprint density at radius 1 is 1.07 bits per heavy atom. The summed E-state index contributed by atoms with van der Waals surface area (Å²) in [6.45, 7) is 9.61. The van der Waals surface area contributed by atoms with Crippen molar-refractivity contribution in [2.75, 3.05) is 63.9 Å². The van der Waals surface area contributed by atoms with Crippen molar-refractivity contribution in [2.45, 2.75) is 19.8 Å². The lowest BCUT2D eigenvalue weighted by molar-refractivity contribution is -0.384. The van der Waals surface area contributed by atoms with Crippen LogP contribution in [0.5, 0.6) is 0 Å². The number of carbonyl (C=O) groups excluding carboxylic acids is 1. The largest absolute Gasteiger partial charge is 0.465 e. The molecule has 1 aromatic rings. The lowest BCUT2D eigenvalue weighted by Gasteiger charge is -2.39. The lowest BCUT2D eigenvalue weighted by Crippen LogP contribution is -2.50. The predicted molar refractivity (Wildman–Crippen MR) is 108 cm³/mol. The lowest BCUT2D eigenvalue weighted by atomic mass is 9.95. The predicted octanol–water partition coefficient (Wildman–Crippen LogP) is 1.99. The molecule has 0 aliphatic carbocycles. The molecule has 2 heterocycles. The summed E-state index contributed by atoms with van der Waals surface area (Å²) in [6.07, 6.45) is 2.28. The molecule has 154 valence electrons. The van der Waals surface area contributed by atoms with E-state index in [1.165, 1.54) is 0 Å². The van der Waals surface area contributed by atoms with E-state index in [4.69, 9.17) is 4.74 Å². The molecule has 0 amide bonds. The Morgan fingerprint density at radius 2 is 1.68 bits per heavy atom. The number of nitro groups is 1. The monoisotopic (exact) mass is 390 g/mol. The van der Waals surface area contributed by atoms with E-state index in [2.05, 4.69) is 14.7 Å². The number of anilines is 1. The highest BCUT2D eigenvalue weighted by Gasteiger charge is 2.25. The molecule has 0 spiro atoms. The van der Waals surface area contributed by atoms with Crippen molar-refractivity contribution in [1.82, 2.24) is 9.80 Å². The zero-order chi connectivity index (χ0) is 19.9. The van der Waals surface area contributed by atoms with Crippen molar-refractivity contribution in [2.24, 2.45) is 5.92 Å². The van der Waals surface area contributed by atoms with Gasteiger partial charge in [-0.05, 0) is 37.8 Å². The smallest absolute Gasteiger partial charge is 0.320 e. The van der Waals surface area contributed by atoms with Gasteiger partial charge < -0.3 is 14.5 Å². The quantitative estimate of drug-likeness (QED) is 0.400. The van der Waals surface area contributed by atoms with Gasteiger partial charge in [-0.25, -0.2) is 0 Å². The first-order chi connectivity index (χ1) is 13.5. The molecule has 0 saturated carbocycles. The minimum atomic E-state index is -0.359. The maximum absolute atomic E-state index is 11.6. The third-order valence-electron chi connectivity index (χ3n) is 5.68. The van der Waals surface area contributed by atoms with E-state index in [1.54, 1.807) is 12.1 Å². The van der Waals surface area contributed by atoms with E-state index in [9.17, 15) is 14.9 Å². The molecule has 0 atom stereocenters. The Hall–Kier alpha value is -2.19. The highest BCUT2D eigenvalue weighted by atomic mass is 16.6. The van der Waals surface area contributed by atoms with Crippen molar-refractivity contribution in [3.05, 3.63) is 34.4 Å². The molecule has 3 rings (SSSR count). The van der Waals surface area contributed by atoms with Gasteiger partial charge in [-0.2, -0.15) is 0 Å². The van der Waals surface area contributed by atoms with Crippen LogP contribution < -0.4 is 4.90 Å². The van der Waals surface area contributed by atoms with E-state index in [1.807, 2.05) is 19.1 Å². The van der Waals surface area contributed by atoms with Crippen LogP contribution in [0.25, 0.3) is 0 Å². The summed E-state index contributed by atoms with van der Waals surface area (Å²) in [4.78, 5) is 29.0. The molecule has 0 N–H and O–H groups in total. The number of benzene rings is 1. The number of piperazine rings is 1. The highest BCUT2D eigenvalue weighted by Crippen LogP contribution is 2.26. The van der Waals surface area contributed by atoms with Gasteiger partial charge in [0.2, 0.25) is 0 Å². The minimum Gasteiger partial charge on any atom is -0.465 e. The van der Waals surface area contributed by atoms with Crippen LogP contribution in [0.1, 0.15) is 19.8 Å². The van der Waals surface area contributed by atoms with E-state index in [-0.39, 0.29) is 16.6 Å². The van der Waals surface area contributed by atoms with Crippen LogP contribution in [-0.2, 0) is 9.53 Å². The van der Waals surface area contributed by atoms with Crippen LogP contribution in [0, 0.1) is 16.0 Å². The second kappa shape index (κ2) is 9.84. The van der Waals surface area contributed by atoms with Gasteiger partial charge in [-0.15, -0.1) is 0 Å². The van der Waals surface area contributed by atoms with Crippen molar-refractivity contribution >= 4 is 17.3 Å². The topological polar surface area (TPSA) is 79.2 Å². The van der Waals surface area contributed by atoms with E-state index < -0.39 is 0 Å². The summed E-state index contributed by atoms with van der Waals surface area (Å²) in [5.41, 5.74) is 1.21. The van der Waals surface area contributed by atoms with Crippen molar-refractivity contribution in [1.29, 1.82) is 0 Å². The first-order valence-electron chi connectivity index (χ1n) is 10.1. The van der Waals surface area contributed by atoms with Gasteiger partial charge in [0.15, 0.2) is 0 Å². The number of non-ortho nitro benzene ring substituents is 1. The number of piperidine rings is 1. The standard InChI is InChI=1S/C20H30N4O4/c1-2-28-20(25)16-22-13-11-21(12-14-22)15-17-7-9-23(10-8-17)18-3-5-19(6-4-18)24(26)27/h3-6,17H,2,7-16H2,1H3. The second-order valence-electron chi connectivity index (χ2n) is 7.59. The maximum Gasteiger partial charge on any atom is 0.320 e. The number of hydrogen-bond donors (Lipinski definition) is 0. The molecule has 2 aliphatic rings. The van der Waals surface area contributed by atoms with Gasteiger partial charge >= 0.3 is 5.97 Å². The summed E-state index contributed by atoms with van der Waals surface area (Å²) in [5, 5.41) is 10.8. The summed E-state index contributed by atoms with van der Waals surface area (Å²) in [7, 11) is 0. The number of esters is 1. The fourth-order valence-corrected chi connectivity index (χ4v) is 4.04. The number of rotatable bonds is 7. The molecule has 2 aliphatic heterocycles. The zero-order valence-corrected chi connectivity index (χ0v) is 16.6. The third-order valence-corrected chi connectivity index (χ3v) is 5.68. The van der Waals surface area contributed by atoms with Crippen molar-refractivity contribution < 1.29 is 14.5 Å². The average molecular weight is 390 g/mol. The molecular weight excluding hydrogens is 360 g/mol. The van der Waals surface area contributed by atoms with Crippen LogP contribution in [0.3, 0.4) is 0 Å².